The van der Waals surface area contributed by atoms with Gasteiger partial charge in [0.1, 0.15) is 5.60 Å². The molecule has 1 saturated heterocycles. The Morgan fingerprint density at radius 3 is 2.59 bits per heavy atom. The van der Waals surface area contributed by atoms with E-state index in [1.807, 2.05) is 26.8 Å². The number of nitrogens with zero attached hydrogens (tertiary/aromatic N) is 1. The number of amides is 1. The molecule has 0 aliphatic carbocycles. The summed E-state index contributed by atoms with van der Waals surface area (Å²) in [6.45, 7) is 10.8. The highest BCUT2D eigenvalue weighted by Crippen LogP contribution is 2.19. The number of hydrogen-bond acceptors (Lipinski definition) is 3. The van der Waals surface area contributed by atoms with Gasteiger partial charge in [-0.15, -0.1) is 0 Å². The second kappa shape index (κ2) is 7.14. The van der Waals surface area contributed by atoms with Crippen LogP contribution in [0.4, 0.5) is 4.79 Å². The number of alkyl carbamates (subject to hydrolysis) is 1. The summed E-state index contributed by atoms with van der Waals surface area (Å²) >= 11 is 0. The van der Waals surface area contributed by atoms with Gasteiger partial charge in [0.15, 0.2) is 0 Å². The maximum atomic E-state index is 11.9. The van der Waals surface area contributed by atoms with Crippen LogP contribution in [0.5, 0.6) is 0 Å². The molecule has 1 amide bonds. The van der Waals surface area contributed by atoms with Gasteiger partial charge in [0, 0.05) is 25.7 Å². The maximum Gasteiger partial charge on any atom is 0.407 e. The summed E-state index contributed by atoms with van der Waals surface area (Å²) in [6, 6.07) is 10.6. The molecule has 1 aliphatic heterocycles. The van der Waals surface area contributed by atoms with E-state index in [1.54, 1.807) is 0 Å². The molecule has 1 heterocycles. The van der Waals surface area contributed by atoms with Gasteiger partial charge in [0.05, 0.1) is 0 Å². The quantitative estimate of drug-likeness (QED) is 0.930. The molecule has 0 radical (unpaired) electrons. The molecule has 122 valence electrons. The number of rotatable bonds is 3. The number of nitrogens with one attached hydrogen (secondary N) is 1. The van der Waals surface area contributed by atoms with Crippen LogP contribution in [0.25, 0.3) is 0 Å². The van der Waals surface area contributed by atoms with E-state index in [0.29, 0.717) is 5.92 Å². The van der Waals surface area contributed by atoms with Gasteiger partial charge >= 0.3 is 6.09 Å². The third kappa shape index (κ3) is 5.68. The molecule has 1 N–H and O–H groups in total. The molecule has 4 heteroatoms. The molecule has 1 aliphatic rings. The molecule has 22 heavy (non-hydrogen) atoms. The van der Waals surface area contributed by atoms with Crippen molar-refractivity contribution in [2.45, 2.75) is 52.3 Å². The number of piperidine rings is 1. The van der Waals surface area contributed by atoms with Crippen molar-refractivity contribution in [1.29, 1.82) is 0 Å². The van der Waals surface area contributed by atoms with Crippen molar-refractivity contribution in [3.63, 3.8) is 0 Å². The van der Waals surface area contributed by atoms with E-state index < -0.39 is 5.60 Å². The van der Waals surface area contributed by atoms with Crippen molar-refractivity contribution in [3.8, 4) is 0 Å². The lowest BCUT2D eigenvalue weighted by Gasteiger charge is -2.37. The maximum absolute atomic E-state index is 11.9. The fourth-order valence-electron chi connectivity index (χ4n) is 3.01. The normalized spacial score (nSPS) is 23.1. The highest BCUT2D eigenvalue weighted by molar-refractivity contribution is 5.68. The minimum absolute atomic E-state index is 0.155. The Hall–Kier alpha value is -1.55. The van der Waals surface area contributed by atoms with Gasteiger partial charge in [-0.2, -0.15) is 0 Å². The standard InChI is InChI=1S/C18H28N2O2/c1-14-10-16(19-17(21)22-18(2,3)4)13-20(11-14)12-15-8-6-5-7-9-15/h5-9,14,16H,10-13H2,1-4H3,(H,19,21). The van der Waals surface area contributed by atoms with E-state index in [4.69, 9.17) is 4.74 Å². The zero-order valence-corrected chi connectivity index (χ0v) is 14.1. The minimum Gasteiger partial charge on any atom is -0.444 e. The van der Waals surface area contributed by atoms with Crippen molar-refractivity contribution in [2.75, 3.05) is 13.1 Å². The lowest BCUT2D eigenvalue weighted by Crippen LogP contribution is -2.50. The Labute approximate surface area is 133 Å². The molecule has 0 spiro atoms. The van der Waals surface area contributed by atoms with Crippen molar-refractivity contribution >= 4 is 6.09 Å². The summed E-state index contributed by atoms with van der Waals surface area (Å²) in [5, 5.41) is 3.02. The molecule has 0 saturated carbocycles. The van der Waals surface area contributed by atoms with E-state index in [9.17, 15) is 4.79 Å². The molecule has 2 rings (SSSR count). The Morgan fingerprint density at radius 2 is 1.95 bits per heavy atom. The molecule has 2 atom stereocenters. The van der Waals surface area contributed by atoms with E-state index >= 15 is 0 Å². The summed E-state index contributed by atoms with van der Waals surface area (Å²) in [5.41, 5.74) is 0.862. The minimum atomic E-state index is -0.450. The van der Waals surface area contributed by atoms with Gasteiger partial charge in [-0.1, -0.05) is 37.3 Å². The summed E-state index contributed by atoms with van der Waals surface area (Å²) in [4.78, 5) is 14.4. The van der Waals surface area contributed by atoms with Crippen LogP contribution < -0.4 is 5.32 Å². The molecule has 1 aromatic carbocycles. The topological polar surface area (TPSA) is 41.6 Å². The summed E-state index contributed by atoms with van der Waals surface area (Å²) in [7, 11) is 0. The van der Waals surface area contributed by atoms with Crippen LogP contribution >= 0.6 is 0 Å². The van der Waals surface area contributed by atoms with Crippen molar-refractivity contribution < 1.29 is 9.53 Å². The molecule has 2 unspecified atom stereocenters. The molecular weight excluding hydrogens is 276 g/mol. The smallest absolute Gasteiger partial charge is 0.407 e. The van der Waals surface area contributed by atoms with Crippen LogP contribution in [0.3, 0.4) is 0 Å². The Balaban J connectivity index is 1.89. The fourth-order valence-corrected chi connectivity index (χ4v) is 3.01. The van der Waals surface area contributed by atoms with Gasteiger partial charge < -0.3 is 10.1 Å². The molecule has 1 fully saturated rings. The largest absolute Gasteiger partial charge is 0.444 e. The average Bonchev–Trinajstić information content (AvgIpc) is 2.36. The SMILES string of the molecule is CC1CC(NC(=O)OC(C)(C)C)CN(Cc2ccccc2)C1. The first kappa shape index (κ1) is 16.8. The van der Waals surface area contributed by atoms with Crippen molar-refractivity contribution in [1.82, 2.24) is 10.2 Å². The second-order valence-corrected chi connectivity index (χ2v) is 7.36. The van der Waals surface area contributed by atoms with Crippen LogP contribution in [0, 0.1) is 5.92 Å². The first-order chi connectivity index (χ1) is 10.3. The molecule has 0 aromatic heterocycles. The van der Waals surface area contributed by atoms with Crippen molar-refractivity contribution in [2.24, 2.45) is 5.92 Å². The lowest BCUT2D eigenvalue weighted by molar-refractivity contribution is 0.0450. The van der Waals surface area contributed by atoms with Crippen LogP contribution in [0.2, 0.25) is 0 Å². The number of hydrogen-bond donors (Lipinski definition) is 1. The summed E-state index contributed by atoms with van der Waals surface area (Å²) in [6.07, 6.45) is 0.691. The Bertz CT molecular complexity index is 482. The monoisotopic (exact) mass is 304 g/mol. The van der Waals surface area contributed by atoms with Gasteiger partial charge in [0.25, 0.3) is 0 Å². The highest BCUT2D eigenvalue weighted by Gasteiger charge is 2.27. The Kier molecular flexibility index (Phi) is 5.46. The van der Waals surface area contributed by atoms with Crippen LogP contribution in [0.15, 0.2) is 30.3 Å². The molecule has 0 bridgehead atoms. The van der Waals surface area contributed by atoms with Crippen LogP contribution in [0.1, 0.15) is 39.7 Å². The molecule has 4 nitrogen and oxygen atoms in total. The zero-order valence-electron chi connectivity index (χ0n) is 14.1. The molecule has 1 aromatic rings. The van der Waals surface area contributed by atoms with E-state index in [0.717, 1.165) is 26.1 Å². The third-order valence-electron chi connectivity index (χ3n) is 3.71. The van der Waals surface area contributed by atoms with Gasteiger partial charge in [-0.25, -0.2) is 4.79 Å². The fraction of sp³-hybridized carbons (Fsp3) is 0.611. The van der Waals surface area contributed by atoms with E-state index in [1.165, 1.54) is 5.56 Å². The zero-order chi connectivity index (χ0) is 16.2. The Morgan fingerprint density at radius 1 is 1.27 bits per heavy atom. The first-order valence-corrected chi connectivity index (χ1v) is 8.07. The number of carbonyl (C=O) groups excluding carboxylic acids is 1. The lowest BCUT2D eigenvalue weighted by atomic mass is 9.95. The number of carbonyl (C=O) groups is 1. The van der Waals surface area contributed by atoms with Crippen LogP contribution in [-0.4, -0.2) is 35.7 Å². The van der Waals surface area contributed by atoms with Gasteiger partial charge in [-0.3, -0.25) is 4.90 Å². The second-order valence-electron chi connectivity index (χ2n) is 7.36. The average molecular weight is 304 g/mol. The van der Waals surface area contributed by atoms with Gasteiger partial charge in [-0.05, 0) is 38.7 Å². The van der Waals surface area contributed by atoms with Gasteiger partial charge in [0.2, 0.25) is 0 Å². The third-order valence-corrected chi connectivity index (χ3v) is 3.71. The predicted molar refractivity (Wildman–Crippen MR) is 88.7 cm³/mol. The molecular formula is C18H28N2O2. The predicted octanol–water partition coefficient (Wildman–Crippen LogP) is 3.42. The van der Waals surface area contributed by atoms with E-state index in [2.05, 4.69) is 41.4 Å². The first-order valence-electron chi connectivity index (χ1n) is 8.07. The number of likely N-dealkylation sites (tertiary alicyclic amines) is 1. The summed E-state index contributed by atoms with van der Waals surface area (Å²) in [5.74, 6) is 0.567. The highest BCUT2D eigenvalue weighted by atomic mass is 16.6. The van der Waals surface area contributed by atoms with E-state index in [-0.39, 0.29) is 12.1 Å². The summed E-state index contributed by atoms with van der Waals surface area (Å²) < 4.78 is 5.36. The number of benzene rings is 1. The van der Waals surface area contributed by atoms with Crippen molar-refractivity contribution in [3.05, 3.63) is 35.9 Å². The number of ether oxygens (including phenoxy) is 1. The van der Waals surface area contributed by atoms with Crippen LogP contribution in [-0.2, 0) is 11.3 Å².